The first-order chi connectivity index (χ1) is 7.72. The van der Waals surface area contributed by atoms with Crippen LogP contribution in [0.1, 0.15) is 50.7 Å². The minimum atomic E-state index is -1.43. The Morgan fingerprint density at radius 2 is 1.26 bits per heavy atom. The van der Waals surface area contributed by atoms with Crippen molar-refractivity contribution >= 4 is 37.8 Å². The van der Waals surface area contributed by atoms with Crippen LogP contribution in [0.15, 0.2) is 18.2 Å². The summed E-state index contributed by atoms with van der Waals surface area (Å²) in [5.74, 6) is 1.09. The van der Waals surface area contributed by atoms with Crippen LogP contribution in [-0.2, 0) is 0 Å². The first-order valence-corrected chi connectivity index (χ1v) is 10.0. The summed E-state index contributed by atoms with van der Waals surface area (Å²) >= 11 is 0. The molecule has 2 radical (unpaired) electrons. The van der Waals surface area contributed by atoms with E-state index >= 15 is 0 Å². The minimum Gasteiger partial charge on any atom is -1.00 e. The molecule has 4 heteroatoms. The zero-order valence-electron chi connectivity index (χ0n) is 13.2. The van der Waals surface area contributed by atoms with E-state index in [9.17, 15) is 0 Å². The van der Waals surface area contributed by atoms with Crippen LogP contribution in [0, 0.1) is 0 Å². The molecule has 0 heterocycles. The number of halogens is 1. The Hall–Kier alpha value is 0.326. The van der Waals surface area contributed by atoms with E-state index in [4.69, 9.17) is 4.98 Å². The van der Waals surface area contributed by atoms with E-state index in [0.717, 1.165) is 0 Å². The summed E-state index contributed by atoms with van der Waals surface area (Å²) < 4.78 is 0. The molecule has 0 bridgehead atoms. The van der Waals surface area contributed by atoms with Gasteiger partial charge in [-0.2, -0.15) is 0 Å². The predicted octanol–water partition coefficient (Wildman–Crippen LogP) is 2.40. The molecule has 1 nitrogen and oxygen atoms in total. The Kier molecular flexibility index (Phi) is 9.76. The molecule has 0 aliphatic heterocycles. The first-order valence-electron chi connectivity index (χ1n) is 6.58. The zero-order valence-corrected chi connectivity index (χ0v) is 17.8. The van der Waals surface area contributed by atoms with Crippen molar-refractivity contribution < 1.29 is 12.4 Å². The summed E-state index contributed by atoms with van der Waals surface area (Å²) in [5, 5.41) is 0. The van der Waals surface area contributed by atoms with Crippen LogP contribution in [0.5, 0.6) is 0 Å². The van der Waals surface area contributed by atoms with Gasteiger partial charge in [0.2, 0.25) is 0 Å². The number of rotatable bonds is 4. The van der Waals surface area contributed by atoms with Crippen molar-refractivity contribution in [2.24, 2.45) is 0 Å². The molecule has 0 saturated heterocycles. The van der Waals surface area contributed by atoms with Crippen molar-refractivity contribution in [2.45, 2.75) is 59.2 Å². The summed E-state index contributed by atoms with van der Waals surface area (Å²) in [6, 6.07) is 6.64. The van der Waals surface area contributed by atoms with E-state index in [0.29, 0.717) is 11.8 Å². The predicted molar refractivity (Wildman–Crippen MR) is 86.7 cm³/mol. The number of hydrogen-bond donors (Lipinski definition) is 0. The summed E-state index contributed by atoms with van der Waals surface area (Å²) in [5.41, 5.74) is 4.08. The van der Waals surface area contributed by atoms with E-state index in [1.165, 1.54) is 16.8 Å². The van der Waals surface area contributed by atoms with Crippen molar-refractivity contribution in [3.8, 4) is 0 Å². The standard InChI is InChI=1S/C15H26NSi.ClH.Sn/c1-11(2)13-9-8-10-14(12(3)4)15(13)16-17(5,6)7;;/h8-12H,1-7H3;1H;/q-1;;+2/p-1. The van der Waals surface area contributed by atoms with Crippen LogP contribution >= 0.6 is 0 Å². The van der Waals surface area contributed by atoms with E-state index < -0.39 is 8.24 Å². The SMILES string of the molecule is CC(C)c1cccc(C(C)C)c1[N-][Si](C)(C)C.[Cl-].[Sn+2]. The Morgan fingerprint density at radius 3 is 1.53 bits per heavy atom. The molecule has 0 N–H and O–H groups in total. The van der Waals surface area contributed by atoms with Crippen LogP contribution in [0.2, 0.25) is 19.6 Å². The molecule has 0 amide bonds. The van der Waals surface area contributed by atoms with Gasteiger partial charge in [-0.3, -0.25) is 0 Å². The van der Waals surface area contributed by atoms with E-state index in [1.807, 2.05) is 0 Å². The van der Waals surface area contributed by atoms with Gasteiger partial charge >= 0.3 is 23.9 Å². The van der Waals surface area contributed by atoms with E-state index in [-0.39, 0.29) is 36.3 Å². The Balaban J connectivity index is 0. The third-order valence-electron chi connectivity index (χ3n) is 2.79. The number of nitrogens with zero attached hydrogens (tertiary/aromatic N) is 1. The molecule has 0 unspecified atom stereocenters. The molecule has 1 aromatic rings. The van der Waals surface area contributed by atoms with Gasteiger partial charge in [0.25, 0.3) is 0 Å². The van der Waals surface area contributed by atoms with Crippen LogP contribution in [0.25, 0.3) is 4.98 Å². The van der Waals surface area contributed by atoms with Gasteiger partial charge in [-0.15, -0.1) is 5.69 Å². The molecule has 19 heavy (non-hydrogen) atoms. The van der Waals surface area contributed by atoms with Gasteiger partial charge < -0.3 is 17.4 Å². The largest absolute Gasteiger partial charge is 2.00 e. The fourth-order valence-corrected chi connectivity index (χ4v) is 2.91. The van der Waals surface area contributed by atoms with Gasteiger partial charge in [0.05, 0.1) is 0 Å². The monoisotopic (exact) mass is 403 g/mol. The molecular weight excluding hydrogens is 376 g/mol. The van der Waals surface area contributed by atoms with Crippen LogP contribution in [-0.4, -0.2) is 32.1 Å². The summed E-state index contributed by atoms with van der Waals surface area (Å²) in [7, 11) is -1.43. The van der Waals surface area contributed by atoms with E-state index in [1.54, 1.807) is 0 Å². The summed E-state index contributed by atoms with van der Waals surface area (Å²) in [6.45, 7) is 15.9. The Labute approximate surface area is 143 Å². The van der Waals surface area contributed by atoms with Crippen molar-refractivity contribution in [1.29, 1.82) is 0 Å². The first kappa shape index (κ1) is 21.6. The van der Waals surface area contributed by atoms with Gasteiger partial charge in [-0.1, -0.05) is 76.7 Å². The maximum atomic E-state index is 5.07. The second-order valence-corrected chi connectivity index (χ2v) is 10.9. The van der Waals surface area contributed by atoms with Crippen LogP contribution in [0.4, 0.5) is 5.69 Å². The molecule has 0 aliphatic rings. The summed E-state index contributed by atoms with van der Waals surface area (Å²) in [6.07, 6.45) is 0. The van der Waals surface area contributed by atoms with Gasteiger partial charge in [-0.05, 0) is 20.1 Å². The van der Waals surface area contributed by atoms with Crippen LogP contribution in [0.3, 0.4) is 0 Å². The average Bonchev–Trinajstić information content (AvgIpc) is 2.14. The minimum absolute atomic E-state index is 0. The molecule has 106 valence electrons. The van der Waals surface area contributed by atoms with Gasteiger partial charge in [-0.25, -0.2) is 0 Å². The van der Waals surface area contributed by atoms with E-state index in [2.05, 4.69) is 65.5 Å². The quantitative estimate of drug-likeness (QED) is 0.687. The van der Waals surface area contributed by atoms with Crippen molar-refractivity contribution in [3.05, 3.63) is 34.3 Å². The molecular formula is C15H26ClNSiSn. The van der Waals surface area contributed by atoms with Crippen molar-refractivity contribution in [1.82, 2.24) is 0 Å². The maximum absolute atomic E-state index is 5.07. The molecule has 0 spiro atoms. The molecule has 0 saturated carbocycles. The fourth-order valence-electron chi connectivity index (χ4n) is 1.98. The number of hydrogen-bond acceptors (Lipinski definition) is 0. The third kappa shape index (κ3) is 6.54. The van der Waals surface area contributed by atoms with Gasteiger partial charge in [0.1, 0.15) is 0 Å². The molecule has 0 fully saturated rings. The maximum Gasteiger partial charge on any atom is 2.00 e. The average molecular weight is 403 g/mol. The molecule has 1 aromatic carbocycles. The van der Waals surface area contributed by atoms with Crippen molar-refractivity contribution in [3.63, 3.8) is 0 Å². The third-order valence-corrected chi connectivity index (χ3v) is 3.68. The molecule has 0 atom stereocenters. The topological polar surface area (TPSA) is 14.1 Å². The molecule has 0 aliphatic carbocycles. The van der Waals surface area contributed by atoms with Gasteiger partial charge in [0.15, 0.2) is 0 Å². The molecule has 1 rings (SSSR count). The number of benzene rings is 1. The molecule has 0 aromatic heterocycles. The Morgan fingerprint density at radius 1 is 0.895 bits per heavy atom. The van der Waals surface area contributed by atoms with Crippen molar-refractivity contribution in [2.75, 3.05) is 0 Å². The second-order valence-electron chi connectivity index (χ2n) is 6.38. The Bertz CT molecular complexity index is 360. The van der Waals surface area contributed by atoms with Crippen LogP contribution < -0.4 is 12.4 Å². The zero-order chi connectivity index (χ0) is 13.2. The smallest absolute Gasteiger partial charge is 1.00 e. The normalized spacial score (nSPS) is 11.0. The van der Waals surface area contributed by atoms with Gasteiger partial charge in [0, 0.05) is 0 Å². The fraction of sp³-hybridized carbons (Fsp3) is 0.600. The summed E-state index contributed by atoms with van der Waals surface area (Å²) in [4.78, 5) is 5.07. The second kappa shape index (κ2) is 8.58.